The number of carbonyl (C=O) groups excluding carboxylic acids is 3. The molecule has 2 unspecified atom stereocenters. The first kappa shape index (κ1) is 26.2. The smallest absolute Gasteiger partial charge is 0.250 e. The molecule has 0 aliphatic carbocycles. The number of aliphatic hydroxyl groups excluding tert-OH is 1. The summed E-state index contributed by atoms with van der Waals surface area (Å²) in [5, 5.41) is 13.7. The van der Waals surface area contributed by atoms with Crippen LogP contribution in [0.5, 0.6) is 0 Å². The van der Waals surface area contributed by atoms with Crippen LogP contribution in [0.3, 0.4) is 0 Å². The second-order valence-corrected chi connectivity index (χ2v) is 9.58. The number of amides is 3. The van der Waals surface area contributed by atoms with Crippen LogP contribution >= 0.6 is 0 Å². The Bertz CT molecular complexity index is 1070. The van der Waals surface area contributed by atoms with Crippen LogP contribution < -0.4 is 5.32 Å². The molecule has 0 spiro atoms. The van der Waals surface area contributed by atoms with Crippen molar-refractivity contribution in [1.29, 1.82) is 0 Å². The van der Waals surface area contributed by atoms with Gasteiger partial charge in [0.2, 0.25) is 11.8 Å². The lowest BCUT2D eigenvalue weighted by atomic mass is 9.92. The number of rotatable bonds is 8. The van der Waals surface area contributed by atoms with Crippen molar-refractivity contribution in [2.45, 2.75) is 59.4 Å². The molecular weight excluding hydrogens is 442 g/mol. The Kier molecular flexibility index (Phi) is 8.46. The fraction of sp³-hybridized carbons (Fsp3) is 0.393. The maximum Gasteiger partial charge on any atom is 0.250 e. The van der Waals surface area contributed by atoms with Gasteiger partial charge in [0.05, 0.1) is 11.7 Å². The van der Waals surface area contributed by atoms with Gasteiger partial charge in [0.25, 0.3) is 5.91 Å². The quantitative estimate of drug-likeness (QED) is 0.570. The molecule has 1 aliphatic rings. The van der Waals surface area contributed by atoms with E-state index < -0.39 is 24.2 Å². The highest BCUT2D eigenvalue weighted by Gasteiger charge is 2.45. The highest BCUT2D eigenvalue weighted by Crippen LogP contribution is 2.34. The molecule has 3 amide bonds. The van der Waals surface area contributed by atoms with Crippen molar-refractivity contribution >= 4 is 23.4 Å². The maximum atomic E-state index is 14.2. The van der Waals surface area contributed by atoms with Gasteiger partial charge in [0, 0.05) is 19.0 Å². The number of hydrogen-bond acceptors (Lipinski definition) is 4. The summed E-state index contributed by atoms with van der Waals surface area (Å²) >= 11 is 0. The predicted molar refractivity (Wildman–Crippen MR) is 135 cm³/mol. The zero-order chi connectivity index (χ0) is 25.7. The Morgan fingerprint density at radius 3 is 2.06 bits per heavy atom. The average Bonchev–Trinajstić information content (AvgIpc) is 2.82. The van der Waals surface area contributed by atoms with E-state index in [-0.39, 0.29) is 23.7 Å². The standard InChI is InChI=1S/C28H35N3O4/c1-18(2)25-28(35)31(23(26(33)29-20(5)32)16-21-12-8-6-9-13-21)24(22-14-10-7-11-15-22)17-30(25)27(34)19(3)4/h6-15,17-19,23,25-26,33H,16H2,1-5H3,(H,29,32)/t23-,25?,26?/m0/s1. The first-order chi connectivity index (χ1) is 16.6. The van der Waals surface area contributed by atoms with Crippen molar-refractivity contribution in [2.75, 3.05) is 0 Å². The van der Waals surface area contributed by atoms with Crippen LogP contribution in [0.1, 0.15) is 45.7 Å². The molecule has 2 aromatic rings. The average molecular weight is 478 g/mol. The van der Waals surface area contributed by atoms with Crippen molar-refractivity contribution in [3.8, 4) is 0 Å². The molecule has 1 aliphatic heterocycles. The van der Waals surface area contributed by atoms with E-state index in [1.54, 1.807) is 16.0 Å². The minimum absolute atomic E-state index is 0.146. The van der Waals surface area contributed by atoms with Crippen LogP contribution in [0.15, 0.2) is 66.9 Å². The minimum Gasteiger partial charge on any atom is -0.371 e. The molecule has 7 heteroatoms. The third-order valence-corrected chi connectivity index (χ3v) is 6.10. The van der Waals surface area contributed by atoms with Crippen molar-refractivity contribution in [3.63, 3.8) is 0 Å². The molecule has 35 heavy (non-hydrogen) atoms. The first-order valence-corrected chi connectivity index (χ1v) is 12.0. The van der Waals surface area contributed by atoms with Crippen LogP contribution in [0.25, 0.3) is 5.70 Å². The molecule has 1 heterocycles. The van der Waals surface area contributed by atoms with Crippen LogP contribution in [0.2, 0.25) is 0 Å². The zero-order valence-corrected chi connectivity index (χ0v) is 21.0. The predicted octanol–water partition coefficient (Wildman–Crippen LogP) is 3.40. The Morgan fingerprint density at radius 2 is 1.54 bits per heavy atom. The Balaban J connectivity index is 2.21. The molecule has 0 bridgehead atoms. The molecule has 0 radical (unpaired) electrons. The Morgan fingerprint density at radius 1 is 0.971 bits per heavy atom. The minimum atomic E-state index is -1.32. The van der Waals surface area contributed by atoms with Crippen LogP contribution in [-0.2, 0) is 20.8 Å². The third-order valence-electron chi connectivity index (χ3n) is 6.10. The summed E-state index contributed by atoms with van der Waals surface area (Å²) in [4.78, 5) is 42.3. The molecule has 186 valence electrons. The van der Waals surface area contributed by atoms with Crippen molar-refractivity contribution in [3.05, 3.63) is 78.0 Å². The van der Waals surface area contributed by atoms with Gasteiger partial charge in [-0.25, -0.2) is 0 Å². The maximum absolute atomic E-state index is 14.2. The molecule has 0 saturated heterocycles. The van der Waals surface area contributed by atoms with Gasteiger partial charge in [-0.05, 0) is 23.5 Å². The summed E-state index contributed by atoms with van der Waals surface area (Å²) in [6, 6.07) is 17.3. The van der Waals surface area contributed by atoms with Gasteiger partial charge in [0.15, 0.2) is 0 Å². The molecule has 0 fully saturated rings. The summed E-state index contributed by atoms with van der Waals surface area (Å²) in [6.45, 7) is 8.75. The van der Waals surface area contributed by atoms with E-state index in [9.17, 15) is 19.5 Å². The van der Waals surface area contributed by atoms with E-state index in [4.69, 9.17) is 0 Å². The fourth-order valence-corrected chi connectivity index (χ4v) is 4.43. The second kappa shape index (κ2) is 11.3. The van der Waals surface area contributed by atoms with Gasteiger partial charge < -0.3 is 20.2 Å². The molecule has 7 nitrogen and oxygen atoms in total. The summed E-state index contributed by atoms with van der Waals surface area (Å²) in [5.74, 6) is -1.30. The lowest BCUT2D eigenvalue weighted by molar-refractivity contribution is -0.149. The number of nitrogens with zero attached hydrogens (tertiary/aromatic N) is 2. The molecule has 2 N–H and O–H groups in total. The van der Waals surface area contributed by atoms with Gasteiger partial charge in [-0.15, -0.1) is 0 Å². The van der Waals surface area contributed by atoms with Crippen LogP contribution in [0.4, 0.5) is 0 Å². The van der Waals surface area contributed by atoms with Crippen molar-refractivity contribution < 1.29 is 19.5 Å². The number of nitrogens with one attached hydrogen (secondary N) is 1. The lowest BCUT2D eigenvalue weighted by Crippen LogP contribution is -2.61. The van der Waals surface area contributed by atoms with Crippen molar-refractivity contribution in [1.82, 2.24) is 15.1 Å². The number of aliphatic hydroxyl groups is 1. The number of benzene rings is 2. The van der Waals surface area contributed by atoms with E-state index in [0.717, 1.165) is 11.1 Å². The molecular formula is C28H35N3O4. The highest BCUT2D eigenvalue weighted by atomic mass is 16.3. The molecule has 3 atom stereocenters. The van der Waals surface area contributed by atoms with Gasteiger partial charge in [-0.3, -0.25) is 14.4 Å². The SMILES string of the molecule is CC(=O)NC(O)[C@H](Cc1ccccc1)N1C(=O)C(C(C)C)N(C(=O)C(C)C)C=C1c1ccccc1. The fourth-order valence-electron chi connectivity index (χ4n) is 4.43. The summed E-state index contributed by atoms with van der Waals surface area (Å²) < 4.78 is 0. The zero-order valence-electron chi connectivity index (χ0n) is 21.0. The summed E-state index contributed by atoms with van der Waals surface area (Å²) in [6.07, 6.45) is 0.715. The van der Waals surface area contributed by atoms with Crippen LogP contribution in [-0.4, -0.2) is 50.9 Å². The third kappa shape index (κ3) is 5.98. The Labute approximate surface area is 207 Å². The molecule has 3 rings (SSSR count). The van der Waals surface area contributed by atoms with E-state index in [0.29, 0.717) is 12.1 Å². The summed E-state index contributed by atoms with van der Waals surface area (Å²) in [5.41, 5.74) is 2.15. The van der Waals surface area contributed by atoms with E-state index >= 15 is 0 Å². The Hall–Kier alpha value is -3.45. The van der Waals surface area contributed by atoms with Gasteiger partial charge in [-0.2, -0.15) is 0 Å². The number of hydrogen-bond donors (Lipinski definition) is 2. The molecule has 2 aromatic carbocycles. The summed E-state index contributed by atoms with van der Waals surface area (Å²) in [7, 11) is 0. The number of carbonyl (C=O) groups is 3. The van der Waals surface area contributed by atoms with Crippen molar-refractivity contribution in [2.24, 2.45) is 11.8 Å². The largest absolute Gasteiger partial charge is 0.371 e. The first-order valence-electron chi connectivity index (χ1n) is 12.0. The van der Waals surface area contributed by atoms with E-state index in [2.05, 4.69) is 5.32 Å². The van der Waals surface area contributed by atoms with Gasteiger partial charge in [-0.1, -0.05) is 88.4 Å². The lowest BCUT2D eigenvalue weighted by Gasteiger charge is -2.46. The monoisotopic (exact) mass is 477 g/mol. The normalized spacial score (nSPS) is 17.9. The van der Waals surface area contributed by atoms with Gasteiger partial charge >= 0.3 is 0 Å². The second-order valence-electron chi connectivity index (χ2n) is 9.58. The molecule has 0 aromatic heterocycles. The van der Waals surface area contributed by atoms with Gasteiger partial charge in [0.1, 0.15) is 12.3 Å². The highest BCUT2D eigenvalue weighted by molar-refractivity contribution is 5.98. The van der Waals surface area contributed by atoms with Crippen LogP contribution in [0, 0.1) is 11.8 Å². The van der Waals surface area contributed by atoms with E-state index in [1.807, 2.05) is 88.4 Å². The topological polar surface area (TPSA) is 89.9 Å². The van der Waals surface area contributed by atoms with E-state index in [1.165, 1.54) is 6.92 Å². The molecule has 0 saturated carbocycles.